The molecule has 0 aromatic rings. The first-order valence-electron chi connectivity index (χ1n) is 5.71. The second-order valence-corrected chi connectivity index (χ2v) is 4.68. The Morgan fingerprint density at radius 3 is 2.87 bits per heavy atom. The number of alkyl halides is 1. The lowest BCUT2D eigenvalue weighted by molar-refractivity contribution is 0.0128. The highest BCUT2D eigenvalue weighted by Gasteiger charge is 2.46. The van der Waals surface area contributed by atoms with E-state index in [1.807, 2.05) is 4.81 Å². The molecule has 2 heterocycles. The van der Waals surface area contributed by atoms with Gasteiger partial charge in [-0.1, -0.05) is 6.42 Å². The van der Waals surface area contributed by atoms with Gasteiger partial charge in [-0.15, -0.1) is 12.3 Å². The second-order valence-electron chi connectivity index (χ2n) is 4.68. The minimum absolute atomic E-state index is 0.168. The lowest BCUT2D eigenvalue weighted by Gasteiger charge is -2.50. The minimum Gasteiger partial charge on any atom is -0.437 e. The van der Waals surface area contributed by atoms with Gasteiger partial charge in [0.1, 0.15) is 6.17 Å². The standard InChI is InChI=1S/C11H17BFNO/c1-3-8-7-9-5-4-6-10(11(8)13)14(9)12(2)15/h1,8-11,15H,4-7H2,2H3/t8-,9?,10?,11-/m1/s1. The summed E-state index contributed by atoms with van der Waals surface area (Å²) in [6, 6.07) is 0.107. The van der Waals surface area contributed by atoms with Crippen LogP contribution in [0.4, 0.5) is 4.39 Å². The number of rotatable bonds is 1. The highest BCUT2D eigenvalue weighted by atomic mass is 19.1. The molecule has 2 rings (SSSR count). The van der Waals surface area contributed by atoms with Gasteiger partial charge in [-0.2, -0.15) is 0 Å². The van der Waals surface area contributed by atoms with Crippen LogP contribution in [0.2, 0.25) is 6.82 Å². The molecule has 0 aromatic carbocycles. The number of hydrogen-bond acceptors (Lipinski definition) is 2. The van der Waals surface area contributed by atoms with Crippen LogP contribution in [0, 0.1) is 18.3 Å². The summed E-state index contributed by atoms with van der Waals surface area (Å²) in [4.78, 5) is 1.92. The van der Waals surface area contributed by atoms with Crippen molar-refractivity contribution in [1.29, 1.82) is 0 Å². The third kappa shape index (κ3) is 1.79. The van der Waals surface area contributed by atoms with Crippen LogP contribution in [0.5, 0.6) is 0 Å². The predicted molar refractivity (Wildman–Crippen MR) is 58.9 cm³/mol. The fourth-order valence-electron chi connectivity index (χ4n) is 3.13. The van der Waals surface area contributed by atoms with E-state index >= 15 is 0 Å². The van der Waals surface area contributed by atoms with E-state index < -0.39 is 13.2 Å². The first-order chi connectivity index (χ1) is 7.15. The van der Waals surface area contributed by atoms with E-state index in [-0.39, 0.29) is 18.0 Å². The molecule has 2 nitrogen and oxygen atoms in total. The van der Waals surface area contributed by atoms with Crippen molar-refractivity contribution >= 4 is 7.05 Å². The summed E-state index contributed by atoms with van der Waals surface area (Å²) >= 11 is 0. The smallest absolute Gasteiger partial charge is 0.376 e. The minimum atomic E-state index is -0.971. The third-order valence-corrected chi connectivity index (χ3v) is 3.77. The van der Waals surface area contributed by atoms with Crippen molar-refractivity contribution in [2.75, 3.05) is 0 Å². The van der Waals surface area contributed by atoms with Crippen molar-refractivity contribution in [3.05, 3.63) is 0 Å². The Bertz CT molecular complexity index is 278. The number of halogens is 1. The Kier molecular flexibility index (Phi) is 3.04. The Morgan fingerprint density at radius 2 is 2.27 bits per heavy atom. The Labute approximate surface area is 91.0 Å². The fourth-order valence-corrected chi connectivity index (χ4v) is 3.13. The molecule has 0 amide bonds. The van der Waals surface area contributed by atoms with Gasteiger partial charge in [0.2, 0.25) is 0 Å². The summed E-state index contributed by atoms with van der Waals surface area (Å²) in [5.74, 6) is 2.30. The van der Waals surface area contributed by atoms with Gasteiger partial charge in [0, 0.05) is 12.1 Å². The number of terminal acetylenes is 1. The molecule has 0 saturated carbocycles. The van der Waals surface area contributed by atoms with Gasteiger partial charge in [-0.3, -0.25) is 0 Å². The quantitative estimate of drug-likeness (QED) is 0.519. The molecule has 0 aliphatic carbocycles. The summed E-state index contributed by atoms with van der Waals surface area (Å²) < 4.78 is 14.0. The molecule has 4 atom stereocenters. The summed E-state index contributed by atoms with van der Waals surface area (Å²) in [6.45, 7) is 1.72. The molecule has 4 heteroatoms. The molecule has 2 bridgehead atoms. The van der Waals surface area contributed by atoms with Crippen LogP contribution in [-0.2, 0) is 0 Å². The van der Waals surface area contributed by atoms with Gasteiger partial charge in [0.25, 0.3) is 0 Å². The Morgan fingerprint density at radius 1 is 1.53 bits per heavy atom. The number of piperidine rings is 2. The number of nitrogens with zero attached hydrogens (tertiary/aromatic N) is 1. The second kappa shape index (κ2) is 4.15. The monoisotopic (exact) mass is 209 g/mol. The van der Waals surface area contributed by atoms with E-state index in [0.29, 0.717) is 6.42 Å². The highest BCUT2D eigenvalue weighted by molar-refractivity contribution is 6.45. The molecule has 0 spiro atoms. The van der Waals surface area contributed by atoms with Crippen LogP contribution in [0.15, 0.2) is 0 Å². The average molecular weight is 209 g/mol. The van der Waals surface area contributed by atoms with Gasteiger partial charge >= 0.3 is 7.05 Å². The molecule has 0 radical (unpaired) electrons. The normalized spacial score (nSPS) is 40.9. The van der Waals surface area contributed by atoms with Gasteiger partial charge in [0.15, 0.2) is 0 Å². The lowest BCUT2D eigenvalue weighted by atomic mass is 9.69. The maximum Gasteiger partial charge on any atom is 0.376 e. The highest BCUT2D eigenvalue weighted by Crippen LogP contribution is 2.38. The van der Waals surface area contributed by atoms with Crippen molar-refractivity contribution < 1.29 is 9.41 Å². The SMILES string of the molecule is C#C[C@@H]1CC2CCCC([C@@H]1F)N2B(C)O. The maximum atomic E-state index is 14.0. The van der Waals surface area contributed by atoms with Gasteiger partial charge in [-0.05, 0) is 26.1 Å². The van der Waals surface area contributed by atoms with Crippen molar-refractivity contribution in [2.45, 2.75) is 50.8 Å². The van der Waals surface area contributed by atoms with Crippen molar-refractivity contribution in [3.63, 3.8) is 0 Å². The zero-order valence-corrected chi connectivity index (χ0v) is 9.06. The van der Waals surface area contributed by atoms with Crippen molar-refractivity contribution in [3.8, 4) is 12.3 Å². The van der Waals surface area contributed by atoms with Crippen molar-refractivity contribution in [1.82, 2.24) is 4.81 Å². The van der Waals surface area contributed by atoms with Crippen LogP contribution in [0.3, 0.4) is 0 Å². The van der Waals surface area contributed by atoms with Crippen molar-refractivity contribution in [2.24, 2.45) is 5.92 Å². The molecule has 0 aromatic heterocycles. The van der Waals surface area contributed by atoms with E-state index in [0.717, 1.165) is 19.3 Å². The lowest BCUT2D eigenvalue weighted by Crippen LogP contribution is -2.62. The van der Waals surface area contributed by atoms with Gasteiger partial charge < -0.3 is 9.83 Å². The first kappa shape index (κ1) is 11.0. The summed E-state index contributed by atoms with van der Waals surface area (Å²) in [7, 11) is -0.558. The van der Waals surface area contributed by atoms with Crippen LogP contribution in [0.25, 0.3) is 0 Å². The van der Waals surface area contributed by atoms with E-state index in [9.17, 15) is 9.41 Å². The van der Waals surface area contributed by atoms with E-state index in [2.05, 4.69) is 5.92 Å². The van der Waals surface area contributed by atoms with Crippen LogP contribution >= 0.6 is 0 Å². The summed E-state index contributed by atoms with van der Waals surface area (Å²) in [5.41, 5.74) is 0. The Balaban J connectivity index is 2.21. The summed E-state index contributed by atoms with van der Waals surface area (Å²) in [5, 5.41) is 9.67. The molecule has 1 N–H and O–H groups in total. The summed E-state index contributed by atoms with van der Waals surface area (Å²) in [6.07, 6.45) is 7.98. The molecule has 2 fully saturated rings. The molecule has 2 aliphatic heterocycles. The topological polar surface area (TPSA) is 23.5 Å². The maximum absolute atomic E-state index is 14.0. The molecular weight excluding hydrogens is 192 g/mol. The van der Waals surface area contributed by atoms with Crippen LogP contribution < -0.4 is 0 Å². The zero-order valence-electron chi connectivity index (χ0n) is 9.06. The molecule has 82 valence electrons. The molecular formula is C11H17BFNO. The molecule has 2 unspecified atom stereocenters. The number of fused-ring (bicyclic) bond motifs is 2. The molecule has 2 aliphatic rings. The van der Waals surface area contributed by atoms with Gasteiger partial charge in [-0.25, -0.2) is 4.39 Å². The largest absolute Gasteiger partial charge is 0.437 e. The number of hydrogen-bond donors (Lipinski definition) is 1. The zero-order chi connectivity index (χ0) is 11.0. The fraction of sp³-hybridized carbons (Fsp3) is 0.818. The van der Waals surface area contributed by atoms with Gasteiger partial charge in [0.05, 0.1) is 5.92 Å². The van der Waals surface area contributed by atoms with E-state index in [4.69, 9.17) is 6.42 Å². The average Bonchev–Trinajstić information content (AvgIpc) is 2.22. The molecule has 2 saturated heterocycles. The van der Waals surface area contributed by atoms with E-state index in [1.165, 1.54) is 0 Å². The van der Waals surface area contributed by atoms with E-state index in [1.54, 1.807) is 6.82 Å². The van der Waals surface area contributed by atoms with Crippen LogP contribution in [-0.4, -0.2) is 35.1 Å². The first-order valence-corrected chi connectivity index (χ1v) is 5.71. The Hall–Kier alpha value is -0.525. The third-order valence-electron chi connectivity index (χ3n) is 3.77. The molecule has 15 heavy (non-hydrogen) atoms. The van der Waals surface area contributed by atoms with Crippen LogP contribution in [0.1, 0.15) is 25.7 Å². The predicted octanol–water partition coefficient (Wildman–Crippen LogP) is 1.31.